The number of phenols is 2. The standard InChI is InChI=1S/C51H64N4O13/c1-24-14-13-15-25(2)49(63)53-40-44(61)36-35(39-47(40)67-34-23-31(22-32(57)38(34)52-39)55-19-17-50(8,18-20-55)54(10)11)37-46(29(6)43(36)60)68-51(9,48(37)62)65-21-16-33(64-12)26(3)45(66-30(7)56)28(5)42(59)27(4)41(24)58/h13-16,21-24,26-28,33,41-42,45,57-60H,17-20H2,1-12H3,(H,53,63)/b14-13+,21-16+,25-15-/t24-,26+,27+,28+,33-,41-,42+,45+,51-/m0/s1. The van der Waals surface area contributed by atoms with Crippen molar-refractivity contribution in [2.24, 2.45) is 23.7 Å². The molecule has 17 heteroatoms. The molecule has 7 rings (SSSR count). The minimum atomic E-state index is -2.08. The summed E-state index contributed by atoms with van der Waals surface area (Å²) in [5.74, 6) is -7.84. The van der Waals surface area contributed by atoms with Crippen molar-refractivity contribution in [3.8, 4) is 28.7 Å². The lowest BCUT2D eigenvalue weighted by Crippen LogP contribution is -2.50. The molecule has 0 radical (unpaired) electrons. The van der Waals surface area contributed by atoms with Gasteiger partial charge in [-0.2, -0.15) is 0 Å². The number of benzene rings is 3. The zero-order chi connectivity index (χ0) is 49.9. The number of carbonyl (C=O) groups is 3. The van der Waals surface area contributed by atoms with Crippen LogP contribution in [-0.2, 0) is 23.8 Å². The molecule has 1 aliphatic carbocycles. The number of nitrogens with zero attached hydrogens (tertiary/aromatic N) is 3. The summed E-state index contributed by atoms with van der Waals surface area (Å²) in [5.41, 5.74) is -0.683. The summed E-state index contributed by atoms with van der Waals surface area (Å²) >= 11 is 0. The second kappa shape index (κ2) is 18.8. The highest BCUT2D eigenvalue weighted by Crippen LogP contribution is 2.51. The van der Waals surface area contributed by atoms with Gasteiger partial charge in [0, 0.05) is 97.6 Å². The number of aromatic hydroxyl groups is 2. The lowest BCUT2D eigenvalue weighted by Gasteiger charge is -2.44. The van der Waals surface area contributed by atoms with E-state index in [1.807, 2.05) is 0 Å². The molecule has 0 unspecified atom stereocenters. The Hall–Kier alpha value is -6.01. The topological polar surface area (TPSA) is 231 Å². The van der Waals surface area contributed by atoms with Crippen molar-refractivity contribution >= 4 is 50.9 Å². The summed E-state index contributed by atoms with van der Waals surface area (Å²) in [6.45, 7) is 16.1. The van der Waals surface area contributed by atoms with Gasteiger partial charge in [0.1, 0.15) is 40.3 Å². The van der Waals surface area contributed by atoms with E-state index in [0.29, 0.717) is 18.8 Å². The molecule has 1 saturated heterocycles. The number of ether oxygens (including phenoxy) is 4. The molecule has 0 spiro atoms. The number of rotatable bonds is 4. The molecule has 5 aliphatic rings. The van der Waals surface area contributed by atoms with Crippen LogP contribution in [0.2, 0.25) is 0 Å². The van der Waals surface area contributed by atoms with Gasteiger partial charge in [-0.1, -0.05) is 45.9 Å². The molecule has 1 amide bonds. The number of hydrogen-bond acceptors (Lipinski definition) is 16. The first-order chi connectivity index (χ1) is 31.9. The summed E-state index contributed by atoms with van der Waals surface area (Å²) in [6.07, 6.45) is 5.18. The van der Waals surface area contributed by atoms with Crippen LogP contribution in [0.3, 0.4) is 0 Å². The van der Waals surface area contributed by atoms with Gasteiger partial charge in [-0.25, -0.2) is 4.98 Å². The zero-order valence-corrected chi connectivity index (χ0v) is 40.8. The fraction of sp³-hybridized carbons (Fsp3) is 0.510. The molecule has 1 fully saturated rings. The van der Waals surface area contributed by atoms with Crippen molar-refractivity contribution < 1.29 is 58.2 Å². The van der Waals surface area contributed by atoms with E-state index in [0.717, 1.165) is 12.8 Å². The van der Waals surface area contributed by atoms with Gasteiger partial charge in [-0.05, 0) is 53.8 Å². The van der Waals surface area contributed by atoms with Crippen LogP contribution in [0.4, 0.5) is 11.4 Å². The zero-order valence-electron chi connectivity index (χ0n) is 40.8. The number of esters is 1. The van der Waals surface area contributed by atoms with Crippen LogP contribution in [0.1, 0.15) is 84.2 Å². The fourth-order valence-corrected chi connectivity index (χ4v) is 9.75. The van der Waals surface area contributed by atoms with E-state index in [-0.39, 0.29) is 72.8 Å². The van der Waals surface area contributed by atoms with Gasteiger partial charge in [-0.3, -0.25) is 19.2 Å². The third kappa shape index (κ3) is 8.80. The fourth-order valence-electron chi connectivity index (χ4n) is 9.75. The van der Waals surface area contributed by atoms with Crippen molar-refractivity contribution in [3.05, 3.63) is 69.6 Å². The third-order valence-electron chi connectivity index (χ3n) is 14.7. The Balaban J connectivity index is 1.44. The number of nitrogens with one attached hydrogen (secondary N) is 1. The highest BCUT2D eigenvalue weighted by Gasteiger charge is 2.50. The number of piperidine rings is 1. The summed E-state index contributed by atoms with van der Waals surface area (Å²) in [4.78, 5) is 65.4. The van der Waals surface area contributed by atoms with Gasteiger partial charge in [0.05, 0.1) is 35.5 Å². The number of fused-ring (bicyclic) bond motifs is 2. The summed E-state index contributed by atoms with van der Waals surface area (Å²) in [6, 6.07) is 3.28. The van der Waals surface area contributed by atoms with Crippen molar-refractivity contribution in [2.75, 3.05) is 44.5 Å². The number of carbonyl (C=O) groups excluding carboxylic acids is 3. The predicted molar refractivity (Wildman–Crippen MR) is 256 cm³/mol. The Kier molecular flexibility index (Phi) is 13.8. The monoisotopic (exact) mass is 940 g/mol. The molecular formula is C51H64N4O13. The number of amides is 1. The maximum Gasteiger partial charge on any atom is 0.312 e. The molecule has 0 saturated carbocycles. The number of methoxy groups -OCH3 is 1. The summed E-state index contributed by atoms with van der Waals surface area (Å²) < 4.78 is 30.5. The van der Waals surface area contributed by atoms with Crippen LogP contribution in [0.25, 0.3) is 33.3 Å². The number of allylic oxidation sites excluding steroid dienone is 2. The number of aromatic nitrogens is 1. The third-order valence-corrected chi connectivity index (χ3v) is 14.7. The van der Waals surface area contributed by atoms with Crippen molar-refractivity contribution in [3.63, 3.8) is 0 Å². The van der Waals surface area contributed by atoms with Gasteiger partial charge >= 0.3 is 11.8 Å². The van der Waals surface area contributed by atoms with E-state index >= 15 is 0 Å². The minimum absolute atomic E-state index is 0.00985. The lowest BCUT2D eigenvalue weighted by atomic mass is 9.78. The summed E-state index contributed by atoms with van der Waals surface area (Å²) in [7, 11) is 5.54. The molecule has 4 aliphatic heterocycles. The number of hydrogen-bond donors (Lipinski definition) is 5. The molecule has 2 aromatic rings. The van der Waals surface area contributed by atoms with Crippen molar-refractivity contribution in [1.82, 2.24) is 9.88 Å². The van der Waals surface area contributed by atoms with Gasteiger partial charge in [0.25, 0.3) is 11.7 Å². The van der Waals surface area contributed by atoms with Crippen LogP contribution in [0, 0.1) is 30.6 Å². The Bertz CT molecular complexity index is 2770. The number of phenolic OH excluding ortho intramolecular Hbond substituents is 2. The average Bonchev–Trinajstić information content (AvgIpc) is 3.56. The molecule has 2 aromatic carbocycles. The first-order valence-electron chi connectivity index (χ1n) is 23.0. The molecule has 17 nitrogen and oxygen atoms in total. The van der Waals surface area contributed by atoms with Crippen LogP contribution in [0.5, 0.6) is 17.2 Å². The first-order valence-corrected chi connectivity index (χ1v) is 23.0. The van der Waals surface area contributed by atoms with Gasteiger partial charge in [0.15, 0.2) is 11.3 Å². The smallest absolute Gasteiger partial charge is 0.312 e. The van der Waals surface area contributed by atoms with Gasteiger partial charge in [0.2, 0.25) is 5.43 Å². The highest BCUT2D eigenvalue weighted by molar-refractivity contribution is 6.22. The Morgan fingerprint density at radius 2 is 1.63 bits per heavy atom. The highest BCUT2D eigenvalue weighted by atomic mass is 16.7. The molecule has 4 bridgehead atoms. The number of anilines is 2. The maximum atomic E-state index is 14.9. The number of ketones is 1. The van der Waals surface area contributed by atoms with E-state index in [2.05, 4.69) is 36.1 Å². The van der Waals surface area contributed by atoms with E-state index in [1.54, 1.807) is 52.0 Å². The second-order valence-corrected chi connectivity index (χ2v) is 19.4. The van der Waals surface area contributed by atoms with Gasteiger partial charge in [-0.15, -0.1) is 0 Å². The Morgan fingerprint density at radius 1 is 0.956 bits per heavy atom. The van der Waals surface area contributed by atoms with Gasteiger partial charge < -0.3 is 58.9 Å². The number of aliphatic hydroxyl groups is 2. The molecule has 68 heavy (non-hydrogen) atoms. The second-order valence-electron chi connectivity index (χ2n) is 19.4. The quantitative estimate of drug-likeness (QED) is 0.0827. The summed E-state index contributed by atoms with van der Waals surface area (Å²) in [5, 5.41) is 48.8. The van der Waals surface area contributed by atoms with E-state index < -0.39 is 82.7 Å². The average molecular weight is 941 g/mol. The van der Waals surface area contributed by atoms with Crippen LogP contribution >= 0.6 is 0 Å². The van der Waals surface area contributed by atoms with E-state index in [9.17, 15) is 39.6 Å². The molecular weight excluding hydrogens is 877 g/mol. The number of aliphatic hydroxyl groups excluding tert-OH is 2. The molecule has 4 heterocycles. The first kappa shape index (κ1) is 49.9. The van der Waals surface area contributed by atoms with Crippen LogP contribution in [-0.4, -0.2) is 118 Å². The van der Waals surface area contributed by atoms with Crippen LogP contribution < -0.4 is 20.4 Å². The molecule has 366 valence electrons. The normalized spacial score (nSPS) is 30.0. The van der Waals surface area contributed by atoms with Crippen molar-refractivity contribution in [1.29, 1.82) is 0 Å². The SMILES string of the molecule is CO[C@H]1/C=C/O[C@@]2(C)Oc3c(C)c(O)c4c(=O)c(c5oc6cc(N7CCC(C)(N(C)C)CC7)cc(O)c6nc-5c4c3C2=O)NC(=O)/C(C)=C\C=C\[C@H](C)[C@H](O)[C@@H](C)[C@@H](O)[C@@H](C)[C@H](OC(C)=O)[C@@H]1C. The van der Waals surface area contributed by atoms with E-state index in [4.69, 9.17) is 28.3 Å². The molecule has 0 aromatic heterocycles. The largest absolute Gasteiger partial charge is 0.507 e. The van der Waals surface area contributed by atoms with Crippen molar-refractivity contribution in [2.45, 2.75) is 111 Å². The Morgan fingerprint density at radius 3 is 2.26 bits per heavy atom. The van der Waals surface area contributed by atoms with Crippen LogP contribution in [0.15, 0.2) is 57.5 Å². The van der Waals surface area contributed by atoms with E-state index in [1.165, 1.54) is 53.2 Å². The minimum Gasteiger partial charge on any atom is -0.507 e. The number of Topliss-reactive ketones (excluding diaryl/α,β-unsaturated/α-hetero) is 1. The maximum absolute atomic E-state index is 14.9. The molecule has 9 atom stereocenters. The Labute approximate surface area is 395 Å². The molecule has 5 N–H and O–H groups in total. The predicted octanol–water partition coefficient (Wildman–Crippen LogP) is 6.58. The lowest BCUT2D eigenvalue weighted by molar-refractivity contribution is -0.160.